The molecule has 0 aromatic rings. The standard InChI is InChI=1S/C4H5IO2/c1-2-3-4(6)7-5/h2H,1,3H2. The summed E-state index contributed by atoms with van der Waals surface area (Å²) in [5.41, 5.74) is 0. The second kappa shape index (κ2) is 4.11. The molecule has 7 heavy (non-hydrogen) atoms. The van der Waals surface area contributed by atoms with Crippen molar-refractivity contribution in [3.63, 3.8) is 0 Å². The highest BCUT2D eigenvalue weighted by atomic mass is 127. The zero-order chi connectivity index (χ0) is 5.70. The minimum absolute atomic E-state index is 0.254. The van der Waals surface area contributed by atoms with Crippen LogP contribution < -0.4 is 0 Å². The highest BCUT2D eigenvalue weighted by Crippen LogP contribution is 1.91. The van der Waals surface area contributed by atoms with Gasteiger partial charge in [-0.05, 0) is 0 Å². The third kappa shape index (κ3) is 3.78. The van der Waals surface area contributed by atoms with Crippen molar-refractivity contribution in [3.05, 3.63) is 12.7 Å². The number of carbonyl (C=O) groups is 1. The summed E-state index contributed by atoms with van der Waals surface area (Å²) in [6.07, 6.45) is 1.80. The first-order valence-electron chi connectivity index (χ1n) is 1.73. The molecule has 0 bridgehead atoms. The van der Waals surface area contributed by atoms with Gasteiger partial charge in [-0.1, -0.05) is 6.08 Å². The number of halogens is 1. The van der Waals surface area contributed by atoms with Crippen molar-refractivity contribution in [3.8, 4) is 0 Å². The molecule has 0 aliphatic heterocycles. The molecular formula is C4H5IO2. The Bertz CT molecular complexity index is 79.8. The highest BCUT2D eigenvalue weighted by Gasteiger charge is 1.92. The highest BCUT2D eigenvalue weighted by molar-refractivity contribution is 14.1. The molecule has 0 aliphatic rings. The number of carbonyl (C=O) groups excluding carboxylic acids is 1. The van der Waals surface area contributed by atoms with Gasteiger partial charge in [0, 0.05) is 0 Å². The van der Waals surface area contributed by atoms with E-state index >= 15 is 0 Å². The SMILES string of the molecule is C=CCC(=O)OI. The van der Waals surface area contributed by atoms with E-state index in [4.69, 9.17) is 0 Å². The van der Waals surface area contributed by atoms with Crippen LogP contribution in [0.4, 0.5) is 0 Å². The molecule has 0 spiro atoms. The summed E-state index contributed by atoms with van der Waals surface area (Å²) >= 11 is 1.54. The predicted molar refractivity (Wildman–Crippen MR) is 34.9 cm³/mol. The number of rotatable bonds is 2. The molecule has 0 saturated carbocycles. The third-order valence-corrected chi connectivity index (χ3v) is 0.888. The van der Waals surface area contributed by atoms with Gasteiger partial charge in [-0.25, -0.2) is 0 Å². The van der Waals surface area contributed by atoms with Crippen LogP contribution in [0.1, 0.15) is 6.42 Å². The van der Waals surface area contributed by atoms with Gasteiger partial charge >= 0.3 is 5.97 Å². The van der Waals surface area contributed by atoms with Crippen LogP contribution in [0, 0.1) is 0 Å². The normalized spacial score (nSPS) is 7.57. The maximum Gasteiger partial charge on any atom is 0.319 e. The van der Waals surface area contributed by atoms with Gasteiger partial charge in [-0.2, -0.15) is 0 Å². The number of hydrogen-bond donors (Lipinski definition) is 0. The van der Waals surface area contributed by atoms with Crippen LogP contribution in [0.15, 0.2) is 12.7 Å². The molecule has 0 amide bonds. The summed E-state index contributed by atoms with van der Waals surface area (Å²) < 4.78 is 4.25. The van der Waals surface area contributed by atoms with Gasteiger partial charge in [0.25, 0.3) is 0 Å². The molecule has 0 rings (SSSR count). The molecular weight excluding hydrogens is 207 g/mol. The Morgan fingerprint density at radius 2 is 2.57 bits per heavy atom. The largest absolute Gasteiger partial charge is 0.394 e. The minimum atomic E-state index is -0.254. The smallest absolute Gasteiger partial charge is 0.319 e. The lowest BCUT2D eigenvalue weighted by molar-refractivity contribution is -0.130. The molecule has 0 saturated heterocycles. The Hall–Kier alpha value is -0.0600. The van der Waals surface area contributed by atoms with Crippen molar-refractivity contribution in [2.45, 2.75) is 6.42 Å². The molecule has 0 aromatic heterocycles. The monoisotopic (exact) mass is 212 g/mol. The molecule has 0 N–H and O–H groups in total. The fourth-order valence-corrected chi connectivity index (χ4v) is 0.329. The van der Waals surface area contributed by atoms with Gasteiger partial charge in [0.2, 0.25) is 0 Å². The molecule has 0 atom stereocenters. The second-order valence-corrected chi connectivity index (χ2v) is 1.38. The van der Waals surface area contributed by atoms with E-state index in [1.165, 1.54) is 29.1 Å². The summed E-state index contributed by atoms with van der Waals surface area (Å²) in [6.45, 7) is 3.34. The topological polar surface area (TPSA) is 26.3 Å². The zero-order valence-corrected chi connectivity index (χ0v) is 5.84. The van der Waals surface area contributed by atoms with E-state index in [1.54, 1.807) is 0 Å². The van der Waals surface area contributed by atoms with Crippen molar-refractivity contribution in [2.24, 2.45) is 0 Å². The van der Waals surface area contributed by atoms with Crippen LogP contribution in [-0.2, 0) is 7.86 Å². The third-order valence-electron chi connectivity index (χ3n) is 0.397. The first-order chi connectivity index (χ1) is 3.31. The lowest BCUT2D eigenvalue weighted by Gasteiger charge is -1.84. The lowest BCUT2D eigenvalue weighted by atomic mass is 10.4. The molecule has 0 heterocycles. The van der Waals surface area contributed by atoms with Crippen LogP contribution in [0.2, 0.25) is 0 Å². The summed E-state index contributed by atoms with van der Waals surface area (Å²) in [6, 6.07) is 0. The van der Waals surface area contributed by atoms with Gasteiger partial charge < -0.3 is 3.07 Å². The van der Waals surface area contributed by atoms with E-state index in [0.717, 1.165) is 0 Å². The average molecular weight is 212 g/mol. The molecule has 0 unspecified atom stereocenters. The van der Waals surface area contributed by atoms with Crippen molar-refractivity contribution in [1.29, 1.82) is 0 Å². The molecule has 3 heteroatoms. The Morgan fingerprint density at radius 1 is 2.00 bits per heavy atom. The van der Waals surface area contributed by atoms with Crippen molar-refractivity contribution in [1.82, 2.24) is 0 Å². The quantitative estimate of drug-likeness (QED) is 0.511. The van der Waals surface area contributed by atoms with Gasteiger partial charge in [0.05, 0.1) is 6.42 Å². The summed E-state index contributed by atoms with van der Waals surface area (Å²) in [4.78, 5) is 10.1. The first-order valence-corrected chi connectivity index (χ1v) is 2.61. The Balaban J connectivity index is 3.17. The Labute approximate surface area is 56.2 Å². The molecule has 0 fully saturated rings. The molecule has 2 nitrogen and oxygen atoms in total. The van der Waals surface area contributed by atoms with Crippen LogP contribution in [-0.4, -0.2) is 5.97 Å². The van der Waals surface area contributed by atoms with Crippen molar-refractivity contribution < 1.29 is 7.86 Å². The zero-order valence-electron chi connectivity index (χ0n) is 3.69. The van der Waals surface area contributed by atoms with Gasteiger partial charge in [-0.15, -0.1) is 6.58 Å². The average Bonchev–Trinajstić information content (AvgIpc) is 1.68. The Kier molecular flexibility index (Phi) is 4.07. The van der Waals surface area contributed by atoms with Gasteiger partial charge in [0.15, 0.2) is 23.0 Å². The van der Waals surface area contributed by atoms with E-state index in [1.807, 2.05) is 0 Å². The van der Waals surface area contributed by atoms with E-state index < -0.39 is 0 Å². The summed E-state index contributed by atoms with van der Waals surface area (Å²) in [5, 5.41) is 0. The van der Waals surface area contributed by atoms with Gasteiger partial charge in [0.1, 0.15) is 0 Å². The maximum absolute atomic E-state index is 10.1. The maximum atomic E-state index is 10.1. The second-order valence-electron chi connectivity index (χ2n) is 0.942. The summed E-state index contributed by atoms with van der Waals surface area (Å²) in [5.74, 6) is -0.254. The van der Waals surface area contributed by atoms with E-state index in [-0.39, 0.29) is 5.97 Å². The summed E-state index contributed by atoms with van der Waals surface area (Å²) in [7, 11) is 0. The fourth-order valence-electron chi connectivity index (χ4n) is 0.149. The molecule has 0 aromatic carbocycles. The lowest BCUT2D eigenvalue weighted by Crippen LogP contribution is -1.91. The first kappa shape index (κ1) is 6.94. The van der Waals surface area contributed by atoms with Crippen LogP contribution in [0.25, 0.3) is 0 Å². The van der Waals surface area contributed by atoms with Crippen molar-refractivity contribution >= 4 is 29.0 Å². The van der Waals surface area contributed by atoms with Crippen LogP contribution >= 0.6 is 23.0 Å². The van der Waals surface area contributed by atoms with E-state index in [2.05, 4.69) is 9.65 Å². The minimum Gasteiger partial charge on any atom is -0.394 e. The molecule has 40 valence electrons. The van der Waals surface area contributed by atoms with E-state index in [0.29, 0.717) is 6.42 Å². The number of hydrogen-bond acceptors (Lipinski definition) is 2. The van der Waals surface area contributed by atoms with E-state index in [9.17, 15) is 4.79 Å². The molecule has 0 aliphatic carbocycles. The van der Waals surface area contributed by atoms with Crippen LogP contribution in [0.3, 0.4) is 0 Å². The van der Waals surface area contributed by atoms with Crippen LogP contribution in [0.5, 0.6) is 0 Å². The fraction of sp³-hybridized carbons (Fsp3) is 0.250. The van der Waals surface area contributed by atoms with Crippen molar-refractivity contribution in [2.75, 3.05) is 0 Å². The molecule has 0 radical (unpaired) electrons. The predicted octanol–water partition coefficient (Wildman–Crippen LogP) is 1.46. The van der Waals surface area contributed by atoms with Gasteiger partial charge in [-0.3, -0.25) is 4.79 Å². The Morgan fingerprint density at radius 3 is 2.71 bits per heavy atom.